The van der Waals surface area contributed by atoms with Crippen LogP contribution in [0.2, 0.25) is 0 Å². The third kappa shape index (κ3) is 3.71. The molecule has 20 heavy (non-hydrogen) atoms. The van der Waals surface area contributed by atoms with E-state index in [-0.39, 0.29) is 12.1 Å². The summed E-state index contributed by atoms with van der Waals surface area (Å²) in [6.07, 6.45) is -4.55. The third-order valence-corrected chi connectivity index (χ3v) is 3.08. The number of hydrogen-bond acceptors (Lipinski definition) is 3. The van der Waals surface area contributed by atoms with Crippen molar-refractivity contribution in [1.82, 2.24) is 4.90 Å². The molecule has 0 bridgehead atoms. The summed E-state index contributed by atoms with van der Waals surface area (Å²) in [5.41, 5.74) is -0.928. The summed E-state index contributed by atoms with van der Waals surface area (Å²) in [4.78, 5) is 12.9. The number of halogens is 3. The predicted molar refractivity (Wildman–Crippen MR) is 64.5 cm³/mol. The second-order valence-electron chi connectivity index (χ2n) is 4.61. The van der Waals surface area contributed by atoms with Crippen LogP contribution in [0.4, 0.5) is 13.2 Å². The van der Waals surface area contributed by atoms with Crippen LogP contribution in [0.25, 0.3) is 0 Å². The standard InChI is InChI=1S/C13H14F3NO3/c14-13(15,16)11-6-9(5-10(7-11)12(18)19)8-17-1-3-20-4-2-17/h5-7H,1-4,8H2,(H,18,19). The zero-order valence-electron chi connectivity index (χ0n) is 10.6. The highest BCUT2D eigenvalue weighted by Crippen LogP contribution is 2.31. The fourth-order valence-electron chi connectivity index (χ4n) is 2.09. The number of carbonyl (C=O) groups is 1. The van der Waals surface area contributed by atoms with E-state index < -0.39 is 17.7 Å². The smallest absolute Gasteiger partial charge is 0.416 e. The van der Waals surface area contributed by atoms with Crippen molar-refractivity contribution in [3.8, 4) is 0 Å². The second kappa shape index (κ2) is 5.80. The average molecular weight is 289 g/mol. The van der Waals surface area contributed by atoms with Gasteiger partial charge in [0.1, 0.15) is 0 Å². The maximum atomic E-state index is 12.8. The van der Waals surface area contributed by atoms with Gasteiger partial charge in [-0.15, -0.1) is 0 Å². The predicted octanol–water partition coefficient (Wildman–Crippen LogP) is 2.24. The van der Waals surface area contributed by atoms with Gasteiger partial charge in [0, 0.05) is 19.6 Å². The molecule has 0 spiro atoms. The minimum atomic E-state index is -4.55. The lowest BCUT2D eigenvalue weighted by Gasteiger charge is -2.26. The molecular weight excluding hydrogens is 275 g/mol. The first-order valence-corrected chi connectivity index (χ1v) is 6.11. The van der Waals surface area contributed by atoms with Crippen LogP contribution < -0.4 is 0 Å². The molecule has 0 saturated carbocycles. The molecule has 1 aliphatic heterocycles. The fraction of sp³-hybridized carbons (Fsp3) is 0.462. The molecule has 0 aliphatic carbocycles. The first-order valence-electron chi connectivity index (χ1n) is 6.11. The van der Waals surface area contributed by atoms with E-state index in [0.29, 0.717) is 37.9 Å². The lowest BCUT2D eigenvalue weighted by atomic mass is 10.0. The highest BCUT2D eigenvalue weighted by atomic mass is 19.4. The fourth-order valence-corrected chi connectivity index (χ4v) is 2.09. The Morgan fingerprint density at radius 2 is 1.90 bits per heavy atom. The molecule has 4 nitrogen and oxygen atoms in total. The Labute approximate surface area is 113 Å². The molecule has 1 heterocycles. The third-order valence-electron chi connectivity index (χ3n) is 3.08. The number of nitrogens with zero attached hydrogens (tertiary/aromatic N) is 1. The number of rotatable bonds is 3. The highest BCUT2D eigenvalue weighted by Gasteiger charge is 2.32. The number of benzene rings is 1. The van der Waals surface area contributed by atoms with Gasteiger partial charge in [-0.2, -0.15) is 13.2 Å². The van der Waals surface area contributed by atoms with E-state index in [1.165, 1.54) is 6.07 Å². The number of hydrogen-bond donors (Lipinski definition) is 1. The lowest BCUT2D eigenvalue weighted by molar-refractivity contribution is -0.137. The van der Waals surface area contributed by atoms with Crippen LogP contribution in [0, 0.1) is 0 Å². The van der Waals surface area contributed by atoms with E-state index >= 15 is 0 Å². The Morgan fingerprint density at radius 1 is 1.25 bits per heavy atom. The number of aromatic carboxylic acids is 1. The molecule has 110 valence electrons. The molecule has 1 aromatic rings. The van der Waals surface area contributed by atoms with Gasteiger partial charge in [0.05, 0.1) is 24.3 Å². The summed E-state index contributed by atoms with van der Waals surface area (Å²) in [6, 6.07) is 2.94. The van der Waals surface area contributed by atoms with E-state index in [2.05, 4.69) is 0 Å². The molecule has 1 N–H and O–H groups in total. The van der Waals surface area contributed by atoms with Gasteiger partial charge in [0.15, 0.2) is 0 Å². The van der Waals surface area contributed by atoms with E-state index in [9.17, 15) is 18.0 Å². The minimum absolute atomic E-state index is 0.285. The van der Waals surface area contributed by atoms with Crippen molar-refractivity contribution in [3.63, 3.8) is 0 Å². The van der Waals surface area contributed by atoms with Crippen molar-refractivity contribution in [3.05, 3.63) is 34.9 Å². The van der Waals surface area contributed by atoms with E-state index in [0.717, 1.165) is 6.07 Å². The quantitative estimate of drug-likeness (QED) is 0.927. The summed E-state index contributed by atoms with van der Waals surface area (Å²) in [5.74, 6) is -1.36. The first-order chi connectivity index (χ1) is 9.36. The Morgan fingerprint density at radius 3 is 2.45 bits per heavy atom. The maximum absolute atomic E-state index is 12.8. The van der Waals surface area contributed by atoms with Crippen LogP contribution in [0.1, 0.15) is 21.5 Å². The monoisotopic (exact) mass is 289 g/mol. The number of carboxylic acids is 1. The van der Waals surface area contributed by atoms with E-state index in [1.54, 1.807) is 0 Å². The summed E-state index contributed by atoms with van der Waals surface area (Å²) in [7, 11) is 0. The minimum Gasteiger partial charge on any atom is -0.478 e. The van der Waals surface area contributed by atoms with Gasteiger partial charge in [-0.05, 0) is 23.8 Å². The molecule has 7 heteroatoms. The van der Waals surface area contributed by atoms with Crippen molar-refractivity contribution in [2.75, 3.05) is 26.3 Å². The molecule has 0 aromatic heterocycles. The van der Waals surface area contributed by atoms with Gasteiger partial charge in [-0.25, -0.2) is 4.79 Å². The maximum Gasteiger partial charge on any atom is 0.416 e. The topological polar surface area (TPSA) is 49.8 Å². The van der Waals surface area contributed by atoms with E-state index in [1.807, 2.05) is 4.90 Å². The largest absolute Gasteiger partial charge is 0.478 e. The summed E-state index contributed by atoms with van der Waals surface area (Å²) >= 11 is 0. The zero-order chi connectivity index (χ0) is 14.8. The van der Waals surface area contributed by atoms with Gasteiger partial charge in [-0.3, -0.25) is 4.90 Å². The molecule has 0 unspecified atom stereocenters. The Kier molecular flexibility index (Phi) is 4.29. The first kappa shape index (κ1) is 14.8. The van der Waals surface area contributed by atoms with Crippen molar-refractivity contribution >= 4 is 5.97 Å². The summed E-state index contributed by atoms with van der Waals surface area (Å²) in [5, 5.41) is 8.90. The summed E-state index contributed by atoms with van der Waals surface area (Å²) in [6.45, 7) is 2.60. The molecule has 0 radical (unpaired) electrons. The van der Waals surface area contributed by atoms with Crippen molar-refractivity contribution in [2.24, 2.45) is 0 Å². The highest BCUT2D eigenvalue weighted by molar-refractivity contribution is 5.88. The SMILES string of the molecule is O=C(O)c1cc(CN2CCOCC2)cc(C(F)(F)F)c1. The van der Waals surface area contributed by atoms with Crippen LogP contribution in [-0.2, 0) is 17.5 Å². The van der Waals surface area contributed by atoms with Gasteiger partial charge < -0.3 is 9.84 Å². The van der Waals surface area contributed by atoms with Crippen LogP contribution in [0.15, 0.2) is 18.2 Å². The average Bonchev–Trinajstić information content (AvgIpc) is 2.38. The van der Waals surface area contributed by atoms with Crippen LogP contribution >= 0.6 is 0 Å². The second-order valence-corrected chi connectivity index (χ2v) is 4.61. The lowest BCUT2D eigenvalue weighted by Crippen LogP contribution is -2.35. The molecular formula is C13H14F3NO3. The number of ether oxygens (including phenoxy) is 1. The van der Waals surface area contributed by atoms with Gasteiger partial charge in [0.2, 0.25) is 0 Å². The molecule has 1 fully saturated rings. The molecule has 1 aromatic carbocycles. The van der Waals surface area contributed by atoms with Crippen LogP contribution in [0.3, 0.4) is 0 Å². The molecule has 0 atom stereocenters. The zero-order valence-corrected chi connectivity index (χ0v) is 10.6. The van der Waals surface area contributed by atoms with Gasteiger partial charge in [0.25, 0.3) is 0 Å². The number of carboxylic acid groups (broad SMARTS) is 1. The van der Waals surface area contributed by atoms with Crippen molar-refractivity contribution in [2.45, 2.75) is 12.7 Å². The molecule has 2 rings (SSSR count). The van der Waals surface area contributed by atoms with Crippen molar-refractivity contribution < 1.29 is 27.8 Å². The van der Waals surface area contributed by atoms with Crippen LogP contribution in [-0.4, -0.2) is 42.3 Å². The van der Waals surface area contributed by atoms with Crippen molar-refractivity contribution in [1.29, 1.82) is 0 Å². The Bertz CT molecular complexity index is 496. The molecule has 1 aliphatic rings. The normalized spacial score (nSPS) is 17.1. The number of morpholine rings is 1. The van der Waals surface area contributed by atoms with Gasteiger partial charge in [-0.1, -0.05) is 0 Å². The molecule has 1 saturated heterocycles. The van der Waals surface area contributed by atoms with E-state index in [4.69, 9.17) is 9.84 Å². The Hall–Kier alpha value is -1.60. The van der Waals surface area contributed by atoms with Gasteiger partial charge >= 0.3 is 12.1 Å². The number of alkyl halides is 3. The van der Waals surface area contributed by atoms with Crippen LogP contribution in [0.5, 0.6) is 0 Å². The molecule has 0 amide bonds. The Balaban J connectivity index is 2.26. The summed E-state index contributed by atoms with van der Waals surface area (Å²) < 4.78 is 43.5.